The van der Waals surface area contributed by atoms with Gasteiger partial charge < -0.3 is 14.2 Å². The van der Waals surface area contributed by atoms with Crippen LogP contribution >= 0.6 is 0 Å². The molecule has 0 aliphatic heterocycles. The Morgan fingerprint density at radius 1 is 0.318 bits per heavy atom. The summed E-state index contributed by atoms with van der Waals surface area (Å²) in [5.74, 6) is -0.897. The summed E-state index contributed by atoms with van der Waals surface area (Å²) < 4.78 is 16.8. The smallest absolute Gasteiger partial charge is 0.306 e. The Kier molecular flexibility index (Phi) is 51.9. The molecule has 0 saturated heterocycles. The molecule has 380 valence electrons. The third-order valence-electron chi connectivity index (χ3n) is 11.9. The number of rotatable bonds is 50. The molecule has 0 aromatic carbocycles. The highest BCUT2D eigenvalue weighted by molar-refractivity contribution is 5.71. The predicted molar refractivity (Wildman–Crippen MR) is 284 cm³/mol. The van der Waals surface area contributed by atoms with Crippen LogP contribution in [0.5, 0.6) is 0 Å². The fraction of sp³-hybridized carbons (Fsp3) is 0.750. The number of hydrogen-bond acceptors (Lipinski definition) is 6. The molecule has 0 radical (unpaired) electrons. The molecule has 0 aliphatic rings. The molecule has 6 nitrogen and oxygen atoms in total. The number of ether oxygens (including phenoxy) is 3. The van der Waals surface area contributed by atoms with Crippen molar-refractivity contribution in [3.05, 3.63) is 72.9 Å². The van der Waals surface area contributed by atoms with Crippen molar-refractivity contribution in [3.63, 3.8) is 0 Å². The first-order valence-electron chi connectivity index (χ1n) is 27.9. The van der Waals surface area contributed by atoms with E-state index in [1.54, 1.807) is 0 Å². The van der Waals surface area contributed by atoms with E-state index in [2.05, 4.69) is 93.7 Å². The minimum Gasteiger partial charge on any atom is -0.462 e. The molecule has 1 unspecified atom stereocenters. The number of allylic oxidation sites excluding steroid dienone is 12. The molecule has 0 heterocycles. The van der Waals surface area contributed by atoms with Crippen LogP contribution in [0.25, 0.3) is 0 Å². The van der Waals surface area contributed by atoms with Gasteiger partial charge in [-0.25, -0.2) is 0 Å². The van der Waals surface area contributed by atoms with Gasteiger partial charge in [0.15, 0.2) is 6.10 Å². The number of carbonyl (C=O) groups is 3. The highest BCUT2D eigenvalue weighted by Crippen LogP contribution is 2.15. The SMILES string of the molecule is CC/C=C\C/C=C\C/C=C\C/C=C\CCCCCCCCC(=O)OCC(COC(=O)CCCCCCCCCCCCCC)OC(=O)CCCCCCCCC/C=C\C/C=C\CCCCC. The largest absolute Gasteiger partial charge is 0.462 e. The average molecular weight is 921 g/mol. The van der Waals surface area contributed by atoms with Crippen LogP contribution in [-0.4, -0.2) is 37.2 Å². The highest BCUT2D eigenvalue weighted by atomic mass is 16.6. The maximum atomic E-state index is 12.8. The standard InChI is InChI=1S/C60H104O6/c1-4-7-10-13-16-19-22-25-27-29-30-32-33-35-38-41-44-47-50-53-59(62)65-56-57(55-64-58(61)52-49-46-43-40-37-24-21-18-15-12-9-6-3)66-60(63)54-51-48-45-42-39-36-34-31-28-26-23-20-17-14-11-8-5-2/h7,10,16-17,19-20,25-28,30,32,57H,4-6,8-9,11-15,18,21-24,29,31,33-56H2,1-3H3/b10-7-,19-16-,20-17-,27-25-,28-26-,32-30-. The van der Waals surface area contributed by atoms with Crippen LogP contribution in [0.2, 0.25) is 0 Å². The van der Waals surface area contributed by atoms with Gasteiger partial charge in [-0.2, -0.15) is 0 Å². The molecular weight excluding hydrogens is 817 g/mol. The number of esters is 3. The molecule has 0 spiro atoms. The van der Waals surface area contributed by atoms with Gasteiger partial charge in [-0.3, -0.25) is 14.4 Å². The lowest BCUT2D eigenvalue weighted by Crippen LogP contribution is -2.30. The van der Waals surface area contributed by atoms with E-state index >= 15 is 0 Å². The third kappa shape index (κ3) is 51.8. The lowest BCUT2D eigenvalue weighted by Gasteiger charge is -2.18. The van der Waals surface area contributed by atoms with E-state index in [0.717, 1.165) is 103 Å². The second kappa shape index (κ2) is 54.5. The summed E-state index contributed by atoms with van der Waals surface area (Å²) in [6, 6.07) is 0. The molecule has 0 aromatic heterocycles. The highest BCUT2D eigenvalue weighted by Gasteiger charge is 2.19. The Bertz CT molecular complexity index is 1240. The van der Waals surface area contributed by atoms with Crippen molar-refractivity contribution in [1.29, 1.82) is 0 Å². The molecule has 0 saturated carbocycles. The molecule has 66 heavy (non-hydrogen) atoms. The van der Waals surface area contributed by atoms with Gasteiger partial charge in [0, 0.05) is 19.3 Å². The van der Waals surface area contributed by atoms with Gasteiger partial charge in [0.05, 0.1) is 0 Å². The van der Waals surface area contributed by atoms with E-state index in [1.807, 2.05) is 0 Å². The zero-order chi connectivity index (χ0) is 47.9. The van der Waals surface area contributed by atoms with Crippen LogP contribution in [0, 0.1) is 0 Å². The van der Waals surface area contributed by atoms with Gasteiger partial charge in [0.2, 0.25) is 0 Å². The molecule has 0 bridgehead atoms. The Morgan fingerprint density at radius 3 is 0.955 bits per heavy atom. The summed E-state index contributed by atoms with van der Waals surface area (Å²) in [5.41, 5.74) is 0. The van der Waals surface area contributed by atoms with E-state index in [4.69, 9.17) is 14.2 Å². The van der Waals surface area contributed by atoms with Crippen LogP contribution in [0.15, 0.2) is 72.9 Å². The fourth-order valence-corrected chi connectivity index (χ4v) is 7.76. The normalized spacial score (nSPS) is 12.6. The van der Waals surface area contributed by atoms with Crippen molar-refractivity contribution in [3.8, 4) is 0 Å². The first-order chi connectivity index (χ1) is 32.5. The molecule has 1 atom stereocenters. The quantitative estimate of drug-likeness (QED) is 0.0262. The van der Waals surface area contributed by atoms with Crippen LogP contribution in [0.1, 0.15) is 271 Å². The van der Waals surface area contributed by atoms with E-state index < -0.39 is 6.10 Å². The Labute approximate surface area is 408 Å². The van der Waals surface area contributed by atoms with E-state index in [0.29, 0.717) is 19.3 Å². The van der Waals surface area contributed by atoms with Gasteiger partial charge in [0.25, 0.3) is 0 Å². The van der Waals surface area contributed by atoms with Crippen LogP contribution in [0.4, 0.5) is 0 Å². The van der Waals surface area contributed by atoms with Crippen molar-refractivity contribution >= 4 is 17.9 Å². The fourth-order valence-electron chi connectivity index (χ4n) is 7.76. The zero-order valence-electron chi connectivity index (χ0n) is 43.4. The first-order valence-corrected chi connectivity index (χ1v) is 27.9. The van der Waals surface area contributed by atoms with E-state index in [9.17, 15) is 14.4 Å². The Hall–Kier alpha value is -3.15. The van der Waals surface area contributed by atoms with Crippen molar-refractivity contribution in [2.45, 2.75) is 277 Å². The molecule has 0 N–H and O–H groups in total. The molecule has 0 amide bonds. The molecule has 0 fully saturated rings. The molecule has 6 heteroatoms. The van der Waals surface area contributed by atoms with Crippen molar-refractivity contribution < 1.29 is 28.6 Å². The number of unbranched alkanes of at least 4 members (excludes halogenated alkanes) is 27. The monoisotopic (exact) mass is 921 g/mol. The van der Waals surface area contributed by atoms with Gasteiger partial charge in [-0.1, -0.05) is 235 Å². The summed E-state index contributed by atoms with van der Waals surface area (Å²) in [6.07, 6.45) is 68.8. The maximum Gasteiger partial charge on any atom is 0.306 e. The minimum absolute atomic E-state index is 0.0814. The lowest BCUT2D eigenvalue weighted by molar-refractivity contribution is -0.167. The Morgan fingerprint density at radius 2 is 0.591 bits per heavy atom. The van der Waals surface area contributed by atoms with Crippen LogP contribution in [0.3, 0.4) is 0 Å². The maximum absolute atomic E-state index is 12.8. The van der Waals surface area contributed by atoms with Crippen molar-refractivity contribution in [2.75, 3.05) is 13.2 Å². The summed E-state index contributed by atoms with van der Waals surface area (Å²) in [4.78, 5) is 38.1. The van der Waals surface area contributed by atoms with Gasteiger partial charge in [-0.05, 0) is 89.9 Å². The van der Waals surface area contributed by atoms with Crippen LogP contribution in [-0.2, 0) is 28.6 Å². The van der Waals surface area contributed by atoms with Crippen LogP contribution < -0.4 is 0 Å². The molecule has 0 aromatic rings. The Balaban J connectivity index is 4.39. The van der Waals surface area contributed by atoms with Gasteiger partial charge >= 0.3 is 17.9 Å². The van der Waals surface area contributed by atoms with Gasteiger partial charge in [-0.15, -0.1) is 0 Å². The second-order valence-electron chi connectivity index (χ2n) is 18.5. The van der Waals surface area contributed by atoms with E-state index in [-0.39, 0.29) is 31.1 Å². The summed E-state index contributed by atoms with van der Waals surface area (Å²) in [5, 5.41) is 0. The topological polar surface area (TPSA) is 78.9 Å². The van der Waals surface area contributed by atoms with E-state index in [1.165, 1.54) is 128 Å². The molecule has 0 aliphatic carbocycles. The third-order valence-corrected chi connectivity index (χ3v) is 11.9. The minimum atomic E-state index is -0.784. The molecule has 0 rings (SSSR count). The summed E-state index contributed by atoms with van der Waals surface area (Å²) in [6.45, 7) is 6.49. The average Bonchev–Trinajstić information content (AvgIpc) is 3.31. The number of hydrogen-bond donors (Lipinski definition) is 0. The van der Waals surface area contributed by atoms with Crippen molar-refractivity contribution in [1.82, 2.24) is 0 Å². The summed E-state index contributed by atoms with van der Waals surface area (Å²) in [7, 11) is 0. The zero-order valence-corrected chi connectivity index (χ0v) is 43.4. The summed E-state index contributed by atoms with van der Waals surface area (Å²) >= 11 is 0. The van der Waals surface area contributed by atoms with Gasteiger partial charge in [0.1, 0.15) is 13.2 Å². The first kappa shape index (κ1) is 62.8. The lowest BCUT2D eigenvalue weighted by atomic mass is 10.0. The second-order valence-corrected chi connectivity index (χ2v) is 18.5. The predicted octanol–water partition coefficient (Wildman–Crippen LogP) is 18.6. The molecular formula is C60H104O6. The number of carbonyl (C=O) groups excluding carboxylic acids is 3. The van der Waals surface area contributed by atoms with Crippen molar-refractivity contribution in [2.24, 2.45) is 0 Å².